The van der Waals surface area contributed by atoms with Gasteiger partial charge in [-0.05, 0) is 49.4 Å². The predicted molar refractivity (Wildman–Crippen MR) is 109 cm³/mol. The van der Waals surface area contributed by atoms with Gasteiger partial charge in [-0.2, -0.15) is 0 Å². The Balaban J connectivity index is 1.51. The summed E-state index contributed by atoms with van der Waals surface area (Å²) in [5, 5.41) is 11.3. The first kappa shape index (κ1) is 19.8. The number of benzene rings is 2. The zero-order chi connectivity index (χ0) is 20.4. The molecular formula is C24H26FNO3. The number of piperidine rings is 1. The van der Waals surface area contributed by atoms with Crippen molar-refractivity contribution in [3.05, 3.63) is 59.4 Å². The van der Waals surface area contributed by atoms with Gasteiger partial charge < -0.3 is 14.6 Å². The van der Waals surface area contributed by atoms with E-state index in [1.54, 1.807) is 25.3 Å². The number of rotatable bonds is 6. The lowest BCUT2D eigenvalue weighted by Crippen LogP contribution is -2.49. The minimum absolute atomic E-state index is 0.195. The summed E-state index contributed by atoms with van der Waals surface area (Å²) in [5.41, 5.74) is 0.439. The molecule has 2 fully saturated rings. The smallest absolute Gasteiger partial charge is 0.162 e. The highest BCUT2D eigenvalue weighted by atomic mass is 19.1. The molecule has 4 rings (SSSR count). The molecule has 0 saturated carbocycles. The highest BCUT2D eigenvalue weighted by Crippen LogP contribution is 2.47. The topological polar surface area (TPSA) is 41.9 Å². The Hall–Kier alpha value is -2.55. The summed E-state index contributed by atoms with van der Waals surface area (Å²) in [5.74, 6) is 3.42. The van der Waals surface area contributed by atoms with Crippen molar-refractivity contribution in [2.75, 3.05) is 13.7 Å². The quantitative estimate of drug-likeness (QED) is 0.755. The van der Waals surface area contributed by atoms with Crippen LogP contribution in [-0.2, 0) is 12.1 Å². The fraction of sp³-hybridized carbons (Fsp3) is 0.417. The van der Waals surface area contributed by atoms with Gasteiger partial charge in [-0.3, -0.25) is 4.90 Å². The third kappa shape index (κ3) is 3.83. The molecule has 4 nitrogen and oxygen atoms in total. The van der Waals surface area contributed by atoms with Gasteiger partial charge in [0.05, 0.1) is 12.7 Å². The van der Waals surface area contributed by atoms with Crippen LogP contribution in [0.5, 0.6) is 11.5 Å². The SMILES string of the molecule is C#CCOc1ccc(CN2C3CCC2CC(O)(c2ccccc2F)C3)cc1OC. The van der Waals surface area contributed by atoms with Crippen molar-refractivity contribution in [2.24, 2.45) is 0 Å². The van der Waals surface area contributed by atoms with Gasteiger partial charge in [-0.15, -0.1) is 6.42 Å². The molecule has 2 atom stereocenters. The lowest BCUT2D eigenvalue weighted by atomic mass is 9.80. The summed E-state index contributed by atoms with van der Waals surface area (Å²) in [6.07, 6.45) is 8.39. The summed E-state index contributed by atoms with van der Waals surface area (Å²) in [6.45, 7) is 0.953. The maximum atomic E-state index is 14.3. The first-order chi connectivity index (χ1) is 14.0. The van der Waals surface area contributed by atoms with Crippen molar-refractivity contribution in [1.82, 2.24) is 4.90 Å². The maximum Gasteiger partial charge on any atom is 0.162 e. The van der Waals surface area contributed by atoms with Crippen LogP contribution >= 0.6 is 0 Å². The molecule has 152 valence electrons. The Bertz CT molecular complexity index is 909. The number of nitrogens with zero attached hydrogens (tertiary/aromatic N) is 1. The van der Waals surface area contributed by atoms with Gasteiger partial charge in [0.15, 0.2) is 11.5 Å². The summed E-state index contributed by atoms with van der Waals surface area (Å²) in [6, 6.07) is 12.9. The monoisotopic (exact) mass is 395 g/mol. The van der Waals surface area contributed by atoms with Gasteiger partial charge in [0, 0.05) is 24.2 Å². The average Bonchev–Trinajstić information content (AvgIpc) is 2.96. The van der Waals surface area contributed by atoms with Crippen LogP contribution < -0.4 is 9.47 Å². The molecule has 5 heteroatoms. The largest absolute Gasteiger partial charge is 0.493 e. The van der Waals surface area contributed by atoms with Gasteiger partial charge >= 0.3 is 0 Å². The van der Waals surface area contributed by atoms with Crippen molar-refractivity contribution in [3.8, 4) is 23.8 Å². The van der Waals surface area contributed by atoms with Gasteiger partial charge in [-0.1, -0.05) is 30.2 Å². The van der Waals surface area contributed by atoms with Gasteiger partial charge in [0.1, 0.15) is 12.4 Å². The number of ether oxygens (including phenoxy) is 2. The molecule has 2 aliphatic rings. The van der Waals surface area contributed by atoms with E-state index in [4.69, 9.17) is 15.9 Å². The zero-order valence-corrected chi connectivity index (χ0v) is 16.6. The molecule has 2 aliphatic heterocycles. The van der Waals surface area contributed by atoms with E-state index in [0.717, 1.165) is 24.9 Å². The van der Waals surface area contributed by atoms with E-state index in [1.165, 1.54) is 6.07 Å². The number of terminal acetylenes is 1. The molecule has 2 heterocycles. The van der Waals surface area contributed by atoms with Crippen molar-refractivity contribution in [3.63, 3.8) is 0 Å². The molecule has 0 amide bonds. The molecule has 29 heavy (non-hydrogen) atoms. The second-order valence-corrected chi connectivity index (χ2v) is 7.96. The van der Waals surface area contributed by atoms with Crippen molar-refractivity contribution in [2.45, 2.75) is 49.9 Å². The Morgan fingerprint density at radius 3 is 2.55 bits per heavy atom. The standard InChI is InChI=1S/C24H26FNO3/c1-3-12-29-22-11-8-17(13-23(22)28-2)16-26-18-9-10-19(26)15-24(27,14-18)20-6-4-5-7-21(20)25/h1,4-8,11,13,18-19,27H,9-10,12,14-16H2,2H3. The summed E-state index contributed by atoms with van der Waals surface area (Å²) >= 11 is 0. The molecule has 2 saturated heterocycles. The van der Waals surface area contributed by atoms with Crippen LogP contribution in [-0.4, -0.2) is 35.8 Å². The maximum absolute atomic E-state index is 14.3. The van der Waals surface area contributed by atoms with Crippen molar-refractivity contribution >= 4 is 0 Å². The molecule has 2 aromatic carbocycles. The van der Waals surface area contributed by atoms with E-state index in [0.29, 0.717) is 29.9 Å². The molecule has 2 bridgehead atoms. The summed E-state index contributed by atoms with van der Waals surface area (Å²) < 4.78 is 25.3. The highest BCUT2D eigenvalue weighted by Gasteiger charge is 2.48. The van der Waals surface area contributed by atoms with E-state index in [9.17, 15) is 9.50 Å². The van der Waals surface area contributed by atoms with Crippen LogP contribution in [0.4, 0.5) is 4.39 Å². The molecule has 0 radical (unpaired) electrons. The number of halogens is 1. The van der Waals surface area contributed by atoms with E-state index < -0.39 is 5.60 Å². The van der Waals surface area contributed by atoms with Crippen LogP contribution in [0.3, 0.4) is 0 Å². The van der Waals surface area contributed by atoms with E-state index >= 15 is 0 Å². The van der Waals surface area contributed by atoms with Crippen LogP contribution in [0.25, 0.3) is 0 Å². The summed E-state index contributed by atoms with van der Waals surface area (Å²) in [7, 11) is 1.61. The second kappa shape index (κ2) is 8.06. The lowest BCUT2D eigenvalue weighted by molar-refractivity contribution is -0.0615. The number of methoxy groups -OCH3 is 1. The number of fused-ring (bicyclic) bond motifs is 2. The van der Waals surface area contributed by atoms with Gasteiger partial charge in [0.2, 0.25) is 0 Å². The van der Waals surface area contributed by atoms with E-state index in [1.807, 2.05) is 18.2 Å². The van der Waals surface area contributed by atoms with Crippen LogP contribution in [0.15, 0.2) is 42.5 Å². The highest BCUT2D eigenvalue weighted by molar-refractivity contribution is 5.43. The van der Waals surface area contributed by atoms with Crippen LogP contribution in [0, 0.1) is 18.2 Å². The molecule has 2 aromatic rings. The minimum Gasteiger partial charge on any atom is -0.493 e. The third-order valence-corrected chi connectivity index (χ3v) is 6.20. The Morgan fingerprint density at radius 2 is 1.90 bits per heavy atom. The van der Waals surface area contributed by atoms with Gasteiger partial charge in [0.25, 0.3) is 0 Å². The number of hydrogen-bond acceptors (Lipinski definition) is 4. The van der Waals surface area contributed by atoms with Crippen molar-refractivity contribution < 1.29 is 19.0 Å². The molecule has 0 aliphatic carbocycles. The van der Waals surface area contributed by atoms with Crippen molar-refractivity contribution in [1.29, 1.82) is 0 Å². The van der Waals surface area contributed by atoms with Crippen LogP contribution in [0.2, 0.25) is 0 Å². The molecule has 2 unspecified atom stereocenters. The fourth-order valence-corrected chi connectivity index (χ4v) is 4.89. The zero-order valence-electron chi connectivity index (χ0n) is 16.6. The van der Waals surface area contributed by atoms with E-state index in [-0.39, 0.29) is 24.5 Å². The molecular weight excluding hydrogens is 369 g/mol. The van der Waals surface area contributed by atoms with Crippen LogP contribution in [0.1, 0.15) is 36.8 Å². The lowest BCUT2D eigenvalue weighted by Gasteiger charge is -2.44. The minimum atomic E-state index is -1.10. The Labute approximate surface area is 171 Å². The first-order valence-electron chi connectivity index (χ1n) is 10.0. The summed E-state index contributed by atoms with van der Waals surface area (Å²) in [4.78, 5) is 2.44. The number of hydrogen-bond donors (Lipinski definition) is 1. The Morgan fingerprint density at radius 1 is 1.17 bits per heavy atom. The van der Waals surface area contributed by atoms with Gasteiger partial charge in [-0.25, -0.2) is 4.39 Å². The second-order valence-electron chi connectivity index (χ2n) is 7.96. The fourth-order valence-electron chi connectivity index (χ4n) is 4.89. The average molecular weight is 395 g/mol. The Kier molecular flexibility index (Phi) is 5.49. The first-order valence-corrected chi connectivity index (χ1v) is 10.0. The molecule has 0 spiro atoms. The normalized spacial score (nSPS) is 26.1. The number of aliphatic hydroxyl groups is 1. The molecule has 1 N–H and O–H groups in total. The molecule has 0 aromatic heterocycles. The third-order valence-electron chi connectivity index (χ3n) is 6.20. The van der Waals surface area contributed by atoms with E-state index in [2.05, 4.69) is 10.8 Å². The predicted octanol–water partition coefficient (Wildman–Crippen LogP) is 3.86.